The molecule has 3 heterocycles. The fourth-order valence-electron chi connectivity index (χ4n) is 4.56. The molecule has 1 aliphatic carbocycles. The molecule has 0 radical (unpaired) electrons. The maximum Gasteiger partial charge on any atom is 0.273 e. The third kappa shape index (κ3) is 4.32. The van der Waals surface area contributed by atoms with Crippen molar-refractivity contribution in [2.75, 3.05) is 31.1 Å². The highest BCUT2D eigenvalue weighted by Gasteiger charge is 2.36. The molecular weight excluding hydrogens is 355 g/mol. The van der Waals surface area contributed by atoms with Gasteiger partial charge in [-0.2, -0.15) is 0 Å². The molecule has 4 rings (SSSR count). The van der Waals surface area contributed by atoms with Gasteiger partial charge >= 0.3 is 0 Å². The van der Waals surface area contributed by atoms with Crippen LogP contribution >= 0.6 is 0 Å². The summed E-state index contributed by atoms with van der Waals surface area (Å²) in [6.07, 6.45) is 7.10. The van der Waals surface area contributed by atoms with E-state index in [1.54, 1.807) is 6.20 Å². The molecule has 154 valence electrons. The number of piperidine rings is 1. The van der Waals surface area contributed by atoms with Gasteiger partial charge in [-0.05, 0) is 50.0 Å². The first-order valence-electron chi connectivity index (χ1n) is 10.8. The van der Waals surface area contributed by atoms with Crippen molar-refractivity contribution in [3.05, 3.63) is 23.8 Å². The summed E-state index contributed by atoms with van der Waals surface area (Å²) in [5.74, 6) is -0.142. The van der Waals surface area contributed by atoms with E-state index in [2.05, 4.69) is 40.9 Å². The lowest BCUT2D eigenvalue weighted by Crippen LogP contribution is -2.44. The van der Waals surface area contributed by atoms with Gasteiger partial charge in [0.25, 0.3) is 5.91 Å². The third-order valence-electron chi connectivity index (χ3n) is 6.74. The summed E-state index contributed by atoms with van der Waals surface area (Å²) < 4.78 is 14.4. The predicted molar refractivity (Wildman–Crippen MR) is 109 cm³/mol. The molecule has 1 saturated carbocycles. The van der Waals surface area contributed by atoms with E-state index in [9.17, 15) is 9.18 Å². The second kappa shape index (κ2) is 7.62. The van der Waals surface area contributed by atoms with E-state index in [4.69, 9.17) is 0 Å². The minimum absolute atomic E-state index is 0.0872. The van der Waals surface area contributed by atoms with Crippen LogP contribution in [-0.4, -0.2) is 54.1 Å². The number of nitrogens with zero attached hydrogens (tertiary/aromatic N) is 3. The van der Waals surface area contributed by atoms with Crippen molar-refractivity contribution < 1.29 is 9.18 Å². The maximum absolute atomic E-state index is 14.4. The second-order valence-electron chi connectivity index (χ2n) is 9.84. The molecule has 0 spiro atoms. The lowest BCUT2D eigenvalue weighted by Gasteiger charge is -2.38. The van der Waals surface area contributed by atoms with E-state index in [0.717, 1.165) is 50.4 Å². The van der Waals surface area contributed by atoms with Crippen molar-refractivity contribution in [3.8, 4) is 0 Å². The number of carbonyl (C=O) groups is 1. The Morgan fingerprint density at radius 3 is 2.43 bits per heavy atom. The highest BCUT2D eigenvalue weighted by atomic mass is 19.1. The van der Waals surface area contributed by atoms with Gasteiger partial charge in [-0.25, -0.2) is 9.37 Å². The molecule has 5 nitrogen and oxygen atoms in total. The number of pyridine rings is 1. The molecule has 1 aromatic heterocycles. The zero-order valence-electron chi connectivity index (χ0n) is 17.4. The molecule has 1 unspecified atom stereocenters. The van der Waals surface area contributed by atoms with Crippen molar-refractivity contribution in [3.63, 3.8) is 0 Å². The molecule has 1 atom stereocenters. The van der Waals surface area contributed by atoms with Gasteiger partial charge in [-0.15, -0.1) is 0 Å². The Kier molecular flexibility index (Phi) is 5.34. The van der Waals surface area contributed by atoms with Crippen LogP contribution in [0.2, 0.25) is 0 Å². The summed E-state index contributed by atoms with van der Waals surface area (Å²) in [5, 5.41) is 2.80. The SMILES string of the molecule is CC(C)(C)C1CCN(C2CCN(c3cnc(C(=O)NC4CC4)c(F)c3)CC2)C1. The molecule has 0 aromatic carbocycles. The van der Waals surface area contributed by atoms with Gasteiger partial charge in [-0.3, -0.25) is 9.69 Å². The van der Waals surface area contributed by atoms with E-state index >= 15 is 0 Å². The van der Waals surface area contributed by atoms with Crippen LogP contribution < -0.4 is 10.2 Å². The number of hydrogen-bond acceptors (Lipinski definition) is 4. The Morgan fingerprint density at radius 2 is 1.86 bits per heavy atom. The number of nitrogens with one attached hydrogen (secondary N) is 1. The number of hydrogen-bond donors (Lipinski definition) is 1. The Labute approximate surface area is 167 Å². The van der Waals surface area contributed by atoms with E-state index in [-0.39, 0.29) is 11.7 Å². The number of halogens is 1. The van der Waals surface area contributed by atoms with Gasteiger partial charge in [0.1, 0.15) is 0 Å². The molecular formula is C22H33FN4O. The van der Waals surface area contributed by atoms with Crippen LogP contribution in [-0.2, 0) is 0 Å². The second-order valence-corrected chi connectivity index (χ2v) is 9.84. The molecule has 3 fully saturated rings. The topological polar surface area (TPSA) is 48.5 Å². The zero-order valence-corrected chi connectivity index (χ0v) is 17.4. The van der Waals surface area contributed by atoms with Gasteiger partial charge in [0.2, 0.25) is 0 Å². The number of aromatic nitrogens is 1. The van der Waals surface area contributed by atoms with Gasteiger partial charge in [0.15, 0.2) is 11.5 Å². The summed E-state index contributed by atoms with van der Waals surface area (Å²) in [6.45, 7) is 11.3. The van der Waals surface area contributed by atoms with Crippen molar-refractivity contribution >= 4 is 11.6 Å². The lowest BCUT2D eigenvalue weighted by molar-refractivity contribution is 0.0941. The largest absolute Gasteiger partial charge is 0.370 e. The van der Waals surface area contributed by atoms with Gasteiger partial charge in [-0.1, -0.05) is 20.8 Å². The fraction of sp³-hybridized carbons (Fsp3) is 0.727. The highest BCUT2D eigenvalue weighted by molar-refractivity contribution is 5.93. The molecule has 2 aliphatic heterocycles. The quantitative estimate of drug-likeness (QED) is 0.858. The normalized spacial score (nSPS) is 24.6. The average molecular weight is 389 g/mol. The molecule has 1 amide bonds. The number of rotatable bonds is 4. The summed E-state index contributed by atoms with van der Waals surface area (Å²) in [6, 6.07) is 2.31. The highest BCUT2D eigenvalue weighted by Crippen LogP contribution is 2.36. The summed E-state index contributed by atoms with van der Waals surface area (Å²) in [4.78, 5) is 21.1. The Morgan fingerprint density at radius 1 is 1.14 bits per heavy atom. The molecule has 1 N–H and O–H groups in total. The van der Waals surface area contributed by atoms with Crippen LogP contribution in [0.1, 0.15) is 63.4 Å². The number of carbonyl (C=O) groups excluding carboxylic acids is 1. The van der Waals surface area contributed by atoms with Crippen molar-refractivity contribution in [2.24, 2.45) is 11.3 Å². The van der Waals surface area contributed by atoms with Crippen LogP contribution in [0.5, 0.6) is 0 Å². The van der Waals surface area contributed by atoms with Crippen LogP contribution in [0, 0.1) is 17.2 Å². The minimum Gasteiger partial charge on any atom is -0.370 e. The average Bonchev–Trinajstić information content (AvgIpc) is 3.31. The predicted octanol–water partition coefficient (Wildman–Crippen LogP) is 3.45. The summed E-state index contributed by atoms with van der Waals surface area (Å²) >= 11 is 0. The molecule has 0 bridgehead atoms. The minimum atomic E-state index is -0.523. The summed E-state index contributed by atoms with van der Waals surface area (Å²) in [7, 11) is 0. The molecule has 6 heteroatoms. The van der Waals surface area contributed by atoms with Gasteiger partial charge < -0.3 is 10.2 Å². The lowest BCUT2D eigenvalue weighted by atomic mass is 9.80. The van der Waals surface area contributed by atoms with E-state index < -0.39 is 11.7 Å². The van der Waals surface area contributed by atoms with E-state index in [1.807, 2.05) is 0 Å². The number of amides is 1. The first-order valence-corrected chi connectivity index (χ1v) is 10.8. The standard InChI is InChI=1S/C22H33FN4O/c1-22(2,3)15-6-9-27(14-15)17-7-10-26(11-8-17)18-12-19(23)20(24-13-18)21(28)25-16-4-5-16/h12-13,15-17H,4-11,14H2,1-3H3,(H,25,28). The Balaban J connectivity index is 1.32. The Bertz CT molecular complexity index is 720. The molecule has 28 heavy (non-hydrogen) atoms. The zero-order chi connectivity index (χ0) is 19.9. The van der Waals surface area contributed by atoms with E-state index in [0.29, 0.717) is 11.5 Å². The van der Waals surface area contributed by atoms with Crippen molar-refractivity contribution in [1.82, 2.24) is 15.2 Å². The first-order chi connectivity index (χ1) is 13.3. The number of likely N-dealkylation sites (tertiary alicyclic amines) is 1. The van der Waals surface area contributed by atoms with Crippen molar-refractivity contribution in [1.29, 1.82) is 0 Å². The monoisotopic (exact) mass is 388 g/mol. The van der Waals surface area contributed by atoms with Crippen LogP contribution in [0.25, 0.3) is 0 Å². The molecule has 2 saturated heterocycles. The van der Waals surface area contributed by atoms with Gasteiger partial charge in [0, 0.05) is 37.8 Å². The van der Waals surface area contributed by atoms with Gasteiger partial charge in [0.05, 0.1) is 11.9 Å². The fourth-order valence-corrected chi connectivity index (χ4v) is 4.56. The molecule has 1 aromatic rings. The van der Waals surface area contributed by atoms with Crippen LogP contribution in [0.3, 0.4) is 0 Å². The summed E-state index contributed by atoms with van der Waals surface area (Å²) in [5.41, 5.74) is 1.08. The Hall–Kier alpha value is -1.69. The smallest absolute Gasteiger partial charge is 0.273 e. The van der Waals surface area contributed by atoms with Crippen molar-refractivity contribution in [2.45, 2.75) is 65.0 Å². The van der Waals surface area contributed by atoms with Crippen LogP contribution in [0.4, 0.5) is 10.1 Å². The van der Waals surface area contributed by atoms with Crippen LogP contribution in [0.15, 0.2) is 12.3 Å². The third-order valence-corrected chi connectivity index (χ3v) is 6.74. The maximum atomic E-state index is 14.4. The number of anilines is 1. The first kappa shape index (κ1) is 19.6. The molecule has 3 aliphatic rings. The van der Waals surface area contributed by atoms with E-state index in [1.165, 1.54) is 25.6 Å².